The molecule has 0 fully saturated rings. The topological polar surface area (TPSA) is 8.17 Å². The van der Waals surface area contributed by atoms with Crippen molar-refractivity contribution in [2.24, 2.45) is 0 Å². The number of para-hydroxylation sites is 4. The quantitative estimate of drug-likeness (QED) is 0.169. The Bertz CT molecular complexity index is 3230. The molecule has 0 unspecified atom stereocenters. The minimum Gasteiger partial charge on any atom is -0.310 e. The summed E-state index contributed by atoms with van der Waals surface area (Å²) in [5.74, 6) is 0. The summed E-state index contributed by atoms with van der Waals surface area (Å²) in [4.78, 5) is 2.48. The molecular formula is C58H42N2. The second-order valence-corrected chi connectivity index (χ2v) is 16.9. The third-order valence-corrected chi connectivity index (χ3v) is 13.4. The van der Waals surface area contributed by atoms with Crippen LogP contribution < -0.4 is 4.90 Å². The highest BCUT2D eigenvalue weighted by Gasteiger charge is 2.50. The van der Waals surface area contributed by atoms with E-state index in [0.717, 1.165) is 5.69 Å². The fourth-order valence-corrected chi connectivity index (χ4v) is 10.9. The molecule has 0 saturated heterocycles. The fourth-order valence-electron chi connectivity index (χ4n) is 10.9. The fraction of sp³-hybridized carbons (Fsp3) is 0.0690. The van der Waals surface area contributed by atoms with E-state index in [1.807, 2.05) is 0 Å². The zero-order valence-electron chi connectivity index (χ0n) is 33.7. The normalized spacial score (nSPS) is 14.4. The van der Waals surface area contributed by atoms with Gasteiger partial charge in [-0.3, -0.25) is 0 Å². The van der Waals surface area contributed by atoms with Crippen molar-refractivity contribution in [3.63, 3.8) is 0 Å². The zero-order valence-corrected chi connectivity index (χ0v) is 33.7. The van der Waals surface area contributed by atoms with E-state index in [4.69, 9.17) is 0 Å². The van der Waals surface area contributed by atoms with Crippen molar-refractivity contribution in [2.75, 3.05) is 4.90 Å². The lowest BCUT2D eigenvalue weighted by Crippen LogP contribution is -2.39. The van der Waals surface area contributed by atoms with Crippen LogP contribution in [0.3, 0.4) is 0 Å². The van der Waals surface area contributed by atoms with Gasteiger partial charge in [-0.1, -0.05) is 178 Å². The standard InChI is InChI=1S/C58H42N2/c1-57(2)48-25-11-9-22-44(48)46-24-17-28-51(56(46)57)58(41-18-5-3-6-19-41)49-26-12-15-30-54(49)60(55-31-16-13-27-50(55)58)43-35-32-39(33-36-43)40-34-37-53-47(38-40)45-23-10-14-29-52(45)59(53)42-20-7-4-8-21-42/h3-38H,1-2H3. The molecule has 0 spiro atoms. The molecule has 0 N–H and O–H groups in total. The van der Waals surface area contributed by atoms with Gasteiger partial charge in [-0.2, -0.15) is 0 Å². The van der Waals surface area contributed by atoms with Crippen molar-refractivity contribution in [3.8, 4) is 27.9 Å². The molecule has 60 heavy (non-hydrogen) atoms. The summed E-state index contributed by atoms with van der Waals surface area (Å²) in [5, 5.41) is 2.51. The van der Waals surface area contributed by atoms with Crippen LogP contribution in [0.5, 0.6) is 0 Å². The van der Waals surface area contributed by atoms with E-state index in [1.54, 1.807) is 0 Å². The van der Waals surface area contributed by atoms with Crippen LogP contribution >= 0.6 is 0 Å². The first-order chi connectivity index (χ1) is 29.5. The Kier molecular flexibility index (Phi) is 7.52. The van der Waals surface area contributed by atoms with E-state index in [-0.39, 0.29) is 5.41 Å². The van der Waals surface area contributed by atoms with E-state index in [1.165, 1.54) is 94.5 Å². The Morgan fingerprint density at radius 1 is 0.367 bits per heavy atom. The minimum absolute atomic E-state index is 0.194. The molecule has 0 radical (unpaired) electrons. The van der Waals surface area contributed by atoms with Crippen molar-refractivity contribution in [1.29, 1.82) is 0 Å². The van der Waals surface area contributed by atoms with Gasteiger partial charge in [0.15, 0.2) is 0 Å². The first kappa shape index (κ1) is 34.6. The third kappa shape index (κ3) is 4.76. The summed E-state index contributed by atoms with van der Waals surface area (Å²) in [6.07, 6.45) is 0. The van der Waals surface area contributed by atoms with Crippen LogP contribution in [-0.2, 0) is 10.8 Å². The molecule has 0 bridgehead atoms. The molecule has 1 aromatic heterocycles. The van der Waals surface area contributed by atoms with Gasteiger partial charge in [0.2, 0.25) is 0 Å². The van der Waals surface area contributed by atoms with Gasteiger partial charge in [-0.25, -0.2) is 0 Å². The Morgan fingerprint density at radius 3 is 1.65 bits per heavy atom. The van der Waals surface area contributed by atoms with Crippen LogP contribution in [0.1, 0.15) is 47.2 Å². The highest BCUT2D eigenvalue weighted by molar-refractivity contribution is 6.10. The van der Waals surface area contributed by atoms with Crippen molar-refractivity contribution < 1.29 is 0 Å². The summed E-state index contributed by atoms with van der Waals surface area (Å²) < 4.78 is 2.38. The van der Waals surface area contributed by atoms with Crippen LogP contribution in [0.4, 0.5) is 17.1 Å². The lowest BCUT2D eigenvalue weighted by atomic mass is 9.59. The molecule has 2 heterocycles. The average Bonchev–Trinajstić information content (AvgIpc) is 3.77. The molecule has 12 rings (SSSR count). The number of hydrogen-bond donors (Lipinski definition) is 0. The number of fused-ring (bicyclic) bond motifs is 8. The van der Waals surface area contributed by atoms with Crippen LogP contribution in [0.2, 0.25) is 0 Å². The third-order valence-electron chi connectivity index (χ3n) is 13.4. The van der Waals surface area contributed by atoms with Crippen LogP contribution in [0, 0.1) is 0 Å². The van der Waals surface area contributed by atoms with Gasteiger partial charge >= 0.3 is 0 Å². The van der Waals surface area contributed by atoms with E-state index in [2.05, 4.69) is 242 Å². The number of anilines is 3. The number of hydrogen-bond acceptors (Lipinski definition) is 1. The van der Waals surface area contributed by atoms with E-state index < -0.39 is 5.41 Å². The lowest BCUT2D eigenvalue weighted by molar-refractivity contribution is 0.625. The molecule has 9 aromatic carbocycles. The number of rotatable bonds is 5. The Morgan fingerprint density at radius 2 is 0.917 bits per heavy atom. The molecular weight excluding hydrogens is 725 g/mol. The highest BCUT2D eigenvalue weighted by Crippen LogP contribution is 2.61. The van der Waals surface area contributed by atoms with Crippen molar-refractivity contribution in [1.82, 2.24) is 4.57 Å². The summed E-state index contributed by atoms with van der Waals surface area (Å²) in [5.41, 5.74) is 19.3. The lowest BCUT2D eigenvalue weighted by Gasteiger charge is -2.48. The number of aromatic nitrogens is 1. The van der Waals surface area contributed by atoms with Gasteiger partial charge in [0, 0.05) is 27.6 Å². The van der Waals surface area contributed by atoms with Crippen molar-refractivity contribution in [3.05, 3.63) is 252 Å². The molecule has 2 aliphatic rings. The van der Waals surface area contributed by atoms with E-state index in [0.29, 0.717) is 0 Å². The van der Waals surface area contributed by atoms with Gasteiger partial charge in [0.05, 0.1) is 27.8 Å². The Balaban J connectivity index is 1.03. The average molecular weight is 767 g/mol. The summed E-state index contributed by atoms with van der Waals surface area (Å²) in [7, 11) is 0. The zero-order chi connectivity index (χ0) is 40.0. The van der Waals surface area contributed by atoms with E-state index >= 15 is 0 Å². The van der Waals surface area contributed by atoms with Crippen molar-refractivity contribution in [2.45, 2.75) is 24.7 Å². The molecule has 10 aromatic rings. The first-order valence-corrected chi connectivity index (χ1v) is 21.0. The summed E-state index contributed by atoms with van der Waals surface area (Å²) in [6.45, 7) is 4.82. The number of nitrogens with zero attached hydrogens (tertiary/aromatic N) is 2. The monoisotopic (exact) mass is 766 g/mol. The molecule has 1 aliphatic heterocycles. The maximum absolute atomic E-state index is 2.48. The van der Waals surface area contributed by atoms with Gasteiger partial charge in [0.25, 0.3) is 0 Å². The SMILES string of the molecule is CC1(C)c2ccccc2-c2cccc(C3(c4ccccc4)c4ccccc4N(c4ccc(-c5ccc6c(c5)c5ccccc5n6-c5ccccc5)cc4)c4ccccc43)c21. The molecule has 0 saturated carbocycles. The van der Waals surface area contributed by atoms with Crippen LogP contribution in [0.25, 0.3) is 49.7 Å². The molecule has 0 atom stereocenters. The van der Waals surface area contributed by atoms with Gasteiger partial charge in [-0.05, 0) is 110 Å². The number of benzene rings is 9. The Labute approximate surface area is 351 Å². The second-order valence-electron chi connectivity index (χ2n) is 16.9. The van der Waals surface area contributed by atoms with Crippen LogP contribution in [-0.4, -0.2) is 4.57 Å². The Hall–Kier alpha value is -7.42. The minimum atomic E-state index is -0.579. The van der Waals surface area contributed by atoms with Gasteiger partial charge in [-0.15, -0.1) is 0 Å². The van der Waals surface area contributed by atoms with E-state index in [9.17, 15) is 0 Å². The van der Waals surface area contributed by atoms with Gasteiger partial charge < -0.3 is 9.47 Å². The predicted octanol–water partition coefficient (Wildman–Crippen LogP) is 14.9. The largest absolute Gasteiger partial charge is 0.310 e. The first-order valence-electron chi connectivity index (χ1n) is 21.0. The second kappa shape index (κ2) is 13.0. The molecule has 284 valence electrons. The molecule has 0 amide bonds. The predicted molar refractivity (Wildman–Crippen MR) is 250 cm³/mol. The van der Waals surface area contributed by atoms with Gasteiger partial charge in [0.1, 0.15) is 0 Å². The van der Waals surface area contributed by atoms with Crippen LogP contribution in [0.15, 0.2) is 218 Å². The summed E-state index contributed by atoms with van der Waals surface area (Å²) in [6, 6.07) is 81.0. The van der Waals surface area contributed by atoms with Crippen molar-refractivity contribution >= 4 is 38.9 Å². The summed E-state index contributed by atoms with van der Waals surface area (Å²) >= 11 is 0. The molecule has 1 aliphatic carbocycles. The maximum atomic E-state index is 2.48. The smallest absolute Gasteiger partial charge is 0.0745 e. The molecule has 2 heteroatoms. The maximum Gasteiger partial charge on any atom is 0.0745 e. The highest BCUT2D eigenvalue weighted by atomic mass is 15.2. The molecule has 2 nitrogen and oxygen atoms in total.